The molecule has 0 atom stereocenters. The quantitative estimate of drug-likeness (QED) is 0.0272. The molecule has 6 heterocycles. The highest BCUT2D eigenvalue weighted by molar-refractivity contribution is 7.91. The van der Waals surface area contributed by atoms with Crippen molar-refractivity contribution < 1.29 is 108 Å². The minimum atomic E-state index is -6.14. The van der Waals surface area contributed by atoms with E-state index in [0.717, 1.165) is 52.1 Å². The van der Waals surface area contributed by atoms with E-state index in [0.29, 0.717) is 57.0 Å². The van der Waals surface area contributed by atoms with Gasteiger partial charge in [-0.05, 0) is 103 Å². The Morgan fingerprint density at radius 3 is 1.17 bits per heavy atom. The van der Waals surface area contributed by atoms with Crippen LogP contribution < -0.4 is 8.92 Å². The molecule has 0 saturated heterocycles. The van der Waals surface area contributed by atoms with Crippen LogP contribution >= 0.6 is 0 Å². The van der Waals surface area contributed by atoms with Gasteiger partial charge in [0.05, 0.1) is 71.1 Å². The molecule has 102 heavy (non-hydrogen) atoms. The molecular formula is C63H39F9N12O15S3. The summed E-state index contributed by atoms with van der Waals surface area (Å²) in [6.45, 7) is 0. The first-order chi connectivity index (χ1) is 47.9. The number of aromatic carboxylic acids is 1. The van der Waals surface area contributed by atoms with Gasteiger partial charge >= 0.3 is 64.6 Å². The van der Waals surface area contributed by atoms with Crippen LogP contribution in [0.4, 0.5) is 39.5 Å². The molecule has 27 nitrogen and oxygen atoms in total. The minimum absolute atomic E-state index is 0.0111. The maximum atomic E-state index is 12.7. The van der Waals surface area contributed by atoms with Crippen LogP contribution in [0.3, 0.4) is 0 Å². The molecule has 12 aromatic rings. The molecule has 6 aromatic carbocycles. The number of hydrogen-bond donors (Lipinski definition) is 6. The number of rotatable bonds is 8. The molecule has 0 amide bonds. The fraction of sp³-hybridized carbons (Fsp3) is 0.0952. The van der Waals surface area contributed by atoms with E-state index in [4.69, 9.17) is 53.5 Å². The summed E-state index contributed by atoms with van der Waals surface area (Å²) < 4.78 is 198. The zero-order valence-corrected chi connectivity index (χ0v) is 53.7. The topological polar surface area (TPSA) is 381 Å². The van der Waals surface area contributed by atoms with Crippen molar-refractivity contribution in [3.63, 3.8) is 0 Å². The Kier molecular flexibility index (Phi) is 22.4. The van der Waals surface area contributed by atoms with Gasteiger partial charge in [-0.1, -0.05) is 23.7 Å². The SMILES string of the molecule is C#Cc1[nH]nc2cc(C(=O)O)ccc12.C#Cc1[nH]nc2cc(C(=O)OC)ccc12.C#Cc1[nH]nc2cc(O)ccc12.C#Cc1[nH]nc2cc(OC)ccc12.C#Cc1nn(S(=O)(=O)C(F)(F)F)c2cc(C(=O)OC)ccc12.C#Cc1nn(S(=O)(=O)C(F)(F)F)c2cc(OS(=O)(=O)C(F)(F)F)ccc12. The summed E-state index contributed by atoms with van der Waals surface area (Å²) in [6.07, 6.45) is 31.1. The van der Waals surface area contributed by atoms with E-state index >= 15 is 0 Å². The number of nitrogens with zero attached hydrogens (tertiary/aromatic N) is 8. The monoisotopic (exact) mass is 1470 g/mol. The highest BCUT2D eigenvalue weighted by atomic mass is 32.2. The predicted molar refractivity (Wildman–Crippen MR) is 346 cm³/mol. The number of aromatic hydroxyl groups is 1. The fourth-order valence-electron chi connectivity index (χ4n) is 8.36. The van der Waals surface area contributed by atoms with E-state index in [1.54, 1.807) is 55.5 Å². The van der Waals surface area contributed by atoms with E-state index in [-0.39, 0.29) is 43.4 Å². The lowest BCUT2D eigenvalue weighted by molar-refractivity contribution is -0.0501. The number of ether oxygens (including phenoxy) is 3. The van der Waals surface area contributed by atoms with E-state index in [9.17, 15) is 79.2 Å². The van der Waals surface area contributed by atoms with Crippen molar-refractivity contribution in [2.45, 2.75) is 16.5 Å². The van der Waals surface area contributed by atoms with Gasteiger partial charge in [-0.25, -0.2) is 14.4 Å². The van der Waals surface area contributed by atoms with Crippen LogP contribution in [-0.4, -0.2) is 150 Å². The second-order valence-corrected chi connectivity index (χ2v) is 24.3. The third kappa shape index (κ3) is 16.1. The molecule has 522 valence electrons. The first-order valence-corrected chi connectivity index (χ1v) is 31.2. The normalized spacial score (nSPS) is 11.3. The second kappa shape index (κ2) is 30.1. The van der Waals surface area contributed by atoms with Crippen molar-refractivity contribution in [1.82, 2.24) is 59.2 Å². The molecule has 0 bridgehead atoms. The van der Waals surface area contributed by atoms with Crippen LogP contribution in [0.1, 0.15) is 65.2 Å². The maximum Gasteiger partial charge on any atom is 0.534 e. The van der Waals surface area contributed by atoms with Gasteiger partial charge < -0.3 is 28.6 Å². The number of benzene rings is 6. The van der Waals surface area contributed by atoms with Crippen LogP contribution in [-0.2, 0) is 39.6 Å². The molecule has 39 heteroatoms. The van der Waals surface area contributed by atoms with Gasteiger partial charge in [0.15, 0.2) is 0 Å². The second-order valence-electron chi connectivity index (χ2n) is 19.3. The zero-order chi connectivity index (χ0) is 75.6. The summed E-state index contributed by atoms with van der Waals surface area (Å²) in [4.78, 5) is 33.3. The smallest absolute Gasteiger partial charge is 0.508 e. The number of aromatic amines is 4. The molecule has 0 radical (unpaired) electrons. The number of carboxylic acid groups (broad SMARTS) is 1. The molecule has 0 unspecified atom stereocenters. The van der Waals surface area contributed by atoms with Gasteiger partial charge in [-0.3, -0.25) is 20.4 Å². The summed E-state index contributed by atoms with van der Waals surface area (Å²) in [5.74, 6) is 11.4. The third-order valence-corrected chi connectivity index (χ3v) is 16.8. The Balaban J connectivity index is 0.000000175. The van der Waals surface area contributed by atoms with Gasteiger partial charge in [0.25, 0.3) is 0 Å². The number of esters is 2. The Bertz CT molecular complexity index is 5930. The molecule has 6 aromatic heterocycles. The van der Waals surface area contributed by atoms with Crippen LogP contribution in [0.2, 0.25) is 0 Å². The first-order valence-electron chi connectivity index (χ1n) is 26.9. The van der Waals surface area contributed by atoms with Crippen molar-refractivity contribution in [2.75, 3.05) is 21.3 Å². The molecule has 0 saturated carbocycles. The highest BCUT2D eigenvalue weighted by Crippen LogP contribution is 2.35. The molecule has 0 aliphatic heterocycles. The molecule has 0 spiro atoms. The largest absolute Gasteiger partial charge is 0.534 e. The van der Waals surface area contributed by atoms with Gasteiger partial charge in [0, 0.05) is 50.5 Å². The molecule has 0 fully saturated rings. The summed E-state index contributed by atoms with van der Waals surface area (Å²) in [6, 6.07) is 25.2. The average molecular weight is 1470 g/mol. The Morgan fingerprint density at radius 1 is 0.441 bits per heavy atom. The van der Waals surface area contributed by atoms with Gasteiger partial charge in [0.2, 0.25) is 0 Å². The van der Waals surface area contributed by atoms with Crippen molar-refractivity contribution in [2.24, 2.45) is 0 Å². The van der Waals surface area contributed by atoms with Gasteiger partial charge in [-0.15, -0.1) is 56.9 Å². The van der Waals surface area contributed by atoms with Crippen LogP contribution in [0.15, 0.2) is 109 Å². The maximum absolute atomic E-state index is 12.7. The number of fused-ring (bicyclic) bond motifs is 6. The molecule has 0 aliphatic rings. The fourth-order valence-corrected chi connectivity index (χ4v) is 10.4. The average Bonchev–Trinajstić information content (AvgIpc) is 1.64. The number of carboxylic acids is 1. The summed E-state index contributed by atoms with van der Waals surface area (Å²) in [5.41, 5.74) is -13.7. The Morgan fingerprint density at radius 2 is 0.784 bits per heavy atom. The number of phenolic OH excluding ortho intramolecular Hbond substituents is 1. The number of nitrogens with one attached hydrogen (secondary N) is 4. The van der Waals surface area contributed by atoms with Crippen LogP contribution in [0.5, 0.6) is 17.2 Å². The van der Waals surface area contributed by atoms with Gasteiger partial charge in [-0.2, -0.15) is 85.2 Å². The molecule has 6 N–H and O–H groups in total. The Hall–Kier alpha value is -13.5. The number of halogens is 9. The lowest BCUT2D eigenvalue weighted by Crippen LogP contribution is -2.30. The number of aromatic nitrogens is 12. The van der Waals surface area contributed by atoms with Crippen LogP contribution in [0, 0.1) is 74.1 Å². The standard InChI is InChI=1S/C12H7F3N2O4S.C11H4F6N2O5S2.C11H8N2O2.C10H6N2O2.C10H8N2O.C9H6N2O/c1-3-9-8-5-4-7(11(18)21-2)6-10(8)17(16-9)22(19,20)12(13,14)15;1-2-8-7-4-3-6(24-26(22,23)11(15,16)17)5-9(7)19(18-8)25(20,21)10(12,13)14;1-3-9-8-5-4-7(11(14)15-2)6-10(8)13-12-9;1-2-8-7-4-3-6(10(13)14)5-9(7)12-11-8;1-3-9-8-5-4-7(13-2)6-10(8)12-11-9;1-2-8-7-4-3-6(12)5-9(7)11-10-8/h1,4-6H,2H3;1,3-5H;1,4-6H,2H3,(H,12,13);1,3-5H,(H,11,12)(H,13,14);1,4-6H,2H3,(H,11,12);1,3-5,12H,(H,10,11). The zero-order valence-electron chi connectivity index (χ0n) is 51.3. The molecule has 12 rings (SSSR count). The number of methoxy groups -OCH3 is 3. The molecular weight excluding hydrogens is 1430 g/mol. The lowest BCUT2D eigenvalue weighted by atomic mass is 10.1. The molecule has 0 aliphatic carbocycles. The number of H-pyrrole nitrogens is 4. The minimum Gasteiger partial charge on any atom is -0.508 e. The van der Waals surface area contributed by atoms with Crippen molar-refractivity contribution in [3.05, 3.63) is 160 Å². The predicted octanol–water partition coefficient (Wildman–Crippen LogP) is 8.82. The number of carbonyl (C=O) groups excluding carboxylic acids is 2. The lowest BCUT2D eigenvalue weighted by Gasteiger charge is -2.11. The summed E-state index contributed by atoms with van der Waals surface area (Å²) in [5, 5.41) is 53.9. The van der Waals surface area contributed by atoms with Crippen LogP contribution in [0.25, 0.3) is 65.4 Å². The number of terminal acetylenes is 6. The van der Waals surface area contributed by atoms with E-state index < -0.39 is 85.2 Å². The number of phenols is 1. The van der Waals surface area contributed by atoms with Gasteiger partial charge in [0.1, 0.15) is 51.4 Å². The summed E-state index contributed by atoms with van der Waals surface area (Å²) in [7, 11) is -14.0. The number of alkyl halides is 9. The van der Waals surface area contributed by atoms with Crippen molar-refractivity contribution in [3.8, 4) is 91.3 Å². The Labute approximate surface area is 567 Å². The first kappa shape index (κ1) is 75.9. The van der Waals surface area contributed by atoms with E-state index in [1.165, 1.54) is 31.4 Å². The summed E-state index contributed by atoms with van der Waals surface area (Å²) >= 11 is 0. The highest BCUT2D eigenvalue weighted by Gasteiger charge is 2.51. The third-order valence-electron chi connectivity index (χ3n) is 13.2. The van der Waals surface area contributed by atoms with Crippen molar-refractivity contribution >= 4 is 113 Å². The van der Waals surface area contributed by atoms with E-state index in [2.05, 4.69) is 88.3 Å². The number of hydrogen-bond acceptors (Lipinski definition) is 20. The van der Waals surface area contributed by atoms with E-state index in [1.807, 2.05) is 24.1 Å². The van der Waals surface area contributed by atoms with Crippen molar-refractivity contribution in [1.29, 1.82) is 0 Å². The number of carbonyl (C=O) groups is 3.